The summed E-state index contributed by atoms with van der Waals surface area (Å²) in [5, 5.41) is 13.4. The monoisotopic (exact) mass is 366 g/mol. The van der Waals surface area contributed by atoms with Crippen LogP contribution in [0.25, 0.3) is 22.1 Å². The van der Waals surface area contributed by atoms with Gasteiger partial charge in [0.25, 0.3) is 5.95 Å². The Morgan fingerprint density at radius 2 is 1.87 bits per heavy atom. The van der Waals surface area contributed by atoms with Gasteiger partial charge < -0.3 is 4.98 Å². The highest BCUT2D eigenvalue weighted by molar-refractivity contribution is 9.10. The fourth-order valence-electron chi connectivity index (χ4n) is 2.28. The zero-order valence-corrected chi connectivity index (χ0v) is 13.4. The molecule has 0 saturated carbocycles. The number of anilines is 1. The normalized spacial score (nSPS) is 11.5. The number of rotatable bonds is 3. The van der Waals surface area contributed by atoms with Crippen molar-refractivity contribution in [1.82, 2.24) is 20.2 Å². The van der Waals surface area contributed by atoms with Gasteiger partial charge in [-0.25, -0.2) is 5.43 Å². The van der Waals surface area contributed by atoms with Crippen LogP contribution in [0, 0.1) is 0 Å². The van der Waals surface area contributed by atoms with Crippen LogP contribution in [0.4, 0.5) is 5.95 Å². The minimum atomic E-state index is 0.345. The Hall–Kier alpha value is -2.80. The van der Waals surface area contributed by atoms with Crippen LogP contribution in [0.1, 0.15) is 5.56 Å². The van der Waals surface area contributed by atoms with Crippen molar-refractivity contribution in [2.24, 2.45) is 5.10 Å². The highest BCUT2D eigenvalue weighted by Gasteiger charge is 2.07. The van der Waals surface area contributed by atoms with E-state index in [9.17, 15) is 0 Å². The molecule has 2 aromatic carbocycles. The van der Waals surface area contributed by atoms with Crippen molar-refractivity contribution in [2.45, 2.75) is 0 Å². The third kappa shape index (κ3) is 2.78. The Morgan fingerprint density at radius 3 is 2.74 bits per heavy atom. The molecule has 7 heteroatoms. The summed E-state index contributed by atoms with van der Waals surface area (Å²) in [7, 11) is 0. The molecule has 0 aliphatic rings. The van der Waals surface area contributed by atoms with Gasteiger partial charge in [0.15, 0.2) is 5.65 Å². The summed E-state index contributed by atoms with van der Waals surface area (Å²) < 4.78 is 1.03. The van der Waals surface area contributed by atoms with E-state index in [0.29, 0.717) is 11.6 Å². The third-order valence-corrected chi connectivity index (χ3v) is 3.90. The van der Waals surface area contributed by atoms with Crippen molar-refractivity contribution in [3.63, 3.8) is 0 Å². The van der Waals surface area contributed by atoms with Gasteiger partial charge in [-0.2, -0.15) is 10.1 Å². The number of para-hydroxylation sites is 1. The molecule has 0 aliphatic carbocycles. The second-order valence-corrected chi connectivity index (χ2v) is 5.84. The summed E-state index contributed by atoms with van der Waals surface area (Å²) in [6.45, 7) is 0. The van der Waals surface area contributed by atoms with Crippen molar-refractivity contribution in [3.8, 4) is 0 Å². The van der Waals surface area contributed by atoms with E-state index >= 15 is 0 Å². The molecule has 0 spiro atoms. The molecule has 4 aromatic rings. The summed E-state index contributed by atoms with van der Waals surface area (Å²) in [5.74, 6) is 0.345. The van der Waals surface area contributed by atoms with Gasteiger partial charge in [0, 0.05) is 15.4 Å². The lowest BCUT2D eigenvalue weighted by Crippen LogP contribution is -1.98. The molecular weight excluding hydrogens is 356 g/mol. The highest BCUT2D eigenvalue weighted by Crippen LogP contribution is 2.21. The van der Waals surface area contributed by atoms with Crippen molar-refractivity contribution in [2.75, 3.05) is 5.43 Å². The summed E-state index contributed by atoms with van der Waals surface area (Å²) >= 11 is 3.40. The third-order valence-electron chi connectivity index (χ3n) is 3.37. The molecule has 4 rings (SSSR count). The molecule has 0 amide bonds. The van der Waals surface area contributed by atoms with Gasteiger partial charge in [0.05, 0.1) is 6.21 Å². The quantitative estimate of drug-likeness (QED) is 0.427. The molecule has 0 unspecified atom stereocenters. The average Bonchev–Trinajstić information content (AvgIpc) is 2.94. The van der Waals surface area contributed by atoms with Gasteiger partial charge in [-0.05, 0) is 23.8 Å². The molecule has 0 aliphatic heterocycles. The molecule has 0 saturated heterocycles. The number of halogens is 1. The van der Waals surface area contributed by atoms with E-state index in [0.717, 1.165) is 26.5 Å². The summed E-state index contributed by atoms with van der Waals surface area (Å²) in [6, 6.07) is 15.7. The smallest absolute Gasteiger partial charge is 0.265 e. The van der Waals surface area contributed by atoms with Crippen LogP contribution in [0.15, 0.2) is 58.1 Å². The van der Waals surface area contributed by atoms with Crippen LogP contribution < -0.4 is 5.43 Å². The second kappa shape index (κ2) is 5.77. The predicted molar refractivity (Wildman–Crippen MR) is 94.5 cm³/mol. The number of H-pyrrole nitrogens is 1. The lowest BCUT2D eigenvalue weighted by molar-refractivity contribution is 1.01. The molecule has 0 fully saturated rings. The number of aromatic nitrogens is 4. The van der Waals surface area contributed by atoms with Gasteiger partial charge in [0.2, 0.25) is 0 Å². The van der Waals surface area contributed by atoms with Crippen LogP contribution in [0.2, 0.25) is 0 Å². The molecule has 6 nitrogen and oxygen atoms in total. The Labute approximate surface area is 139 Å². The molecule has 0 atom stereocenters. The van der Waals surface area contributed by atoms with Crippen LogP contribution in [-0.2, 0) is 0 Å². The number of aromatic amines is 1. The zero-order chi connectivity index (χ0) is 15.6. The van der Waals surface area contributed by atoms with Crippen LogP contribution in [0.5, 0.6) is 0 Å². The van der Waals surface area contributed by atoms with Crippen molar-refractivity contribution >= 4 is 50.2 Å². The van der Waals surface area contributed by atoms with E-state index in [1.54, 1.807) is 6.21 Å². The van der Waals surface area contributed by atoms with Crippen molar-refractivity contribution < 1.29 is 0 Å². The number of nitrogens with zero attached hydrogens (tertiary/aromatic N) is 4. The fraction of sp³-hybridized carbons (Fsp3) is 0. The van der Waals surface area contributed by atoms with Gasteiger partial charge >= 0.3 is 0 Å². The molecule has 23 heavy (non-hydrogen) atoms. The lowest BCUT2D eigenvalue weighted by atomic mass is 10.2. The Bertz CT molecular complexity index is 1010. The number of hydrogen-bond acceptors (Lipinski definition) is 5. The first kappa shape index (κ1) is 13.8. The van der Waals surface area contributed by atoms with E-state index in [-0.39, 0.29) is 0 Å². The molecule has 2 heterocycles. The first-order valence-electron chi connectivity index (χ1n) is 6.95. The molecule has 2 aromatic heterocycles. The zero-order valence-electron chi connectivity index (χ0n) is 11.9. The maximum Gasteiger partial charge on any atom is 0.265 e. The fourth-order valence-corrected chi connectivity index (χ4v) is 2.55. The van der Waals surface area contributed by atoms with Crippen LogP contribution in [0.3, 0.4) is 0 Å². The predicted octanol–water partition coefficient (Wildman–Crippen LogP) is 3.71. The maximum absolute atomic E-state index is 4.40. The lowest BCUT2D eigenvalue weighted by Gasteiger charge is -1.97. The molecule has 0 bridgehead atoms. The van der Waals surface area contributed by atoms with E-state index in [1.807, 2.05) is 48.5 Å². The largest absolute Gasteiger partial charge is 0.338 e. The van der Waals surface area contributed by atoms with Gasteiger partial charge in [-0.3, -0.25) is 0 Å². The van der Waals surface area contributed by atoms with E-state index < -0.39 is 0 Å². The summed E-state index contributed by atoms with van der Waals surface area (Å²) in [4.78, 5) is 7.62. The number of hydrogen-bond donors (Lipinski definition) is 2. The van der Waals surface area contributed by atoms with Crippen molar-refractivity contribution in [3.05, 3.63) is 58.6 Å². The number of nitrogens with one attached hydrogen (secondary N) is 2. The van der Waals surface area contributed by atoms with E-state index in [1.165, 1.54) is 0 Å². The number of fused-ring (bicyclic) bond motifs is 3. The van der Waals surface area contributed by atoms with Gasteiger partial charge in [-0.15, -0.1) is 10.2 Å². The maximum atomic E-state index is 4.40. The number of benzene rings is 2. The molecule has 2 N–H and O–H groups in total. The molecular formula is C16H11BrN6. The van der Waals surface area contributed by atoms with Crippen LogP contribution in [-0.4, -0.2) is 26.4 Å². The molecule has 0 radical (unpaired) electrons. The second-order valence-electron chi connectivity index (χ2n) is 4.92. The van der Waals surface area contributed by atoms with Crippen LogP contribution >= 0.6 is 15.9 Å². The number of hydrazone groups is 1. The van der Waals surface area contributed by atoms with E-state index in [2.05, 4.69) is 46.6 Å². The van der Waals surface area contributed by atoms with Gasteiger partial charge in [-0.1, -0.05) is 46.3 Å². The highest BCUT2D eigenvalue weighted by atomic mass is 79.9. The van der Waals surface area contributed by atoms with Gasteiger partial charge in [0.1, 0.15) is 5.52 Å². The Morgan fingerprint density at radius 1 is 1.04 bits per heavy atom. The minimum Gasteiger partial charge on any atom is -0.338 e. The topological polar surface area (TPSA) is 78.8 Å². The molecule has 112 valence electrons. The van der Waals surface area contributed by atoms with E-state index in [4.69, 9.17) is 0 Å². The Kier molecular flexibility index (Phi) is 3.47. The first-order valence-corrected chi connectivity index (χ1v) is 7.75. The van der Waals surface area contributed by atoms with Crippen molar-refractivity contribution in [1.29, 1.82) is 0 Å². The summed E-state index contributed by atoms with van der Waals surface area (Å²) in [6.07, 6.45) is 1.70. The average molecular weight is 367 g/mol. The standard InChI is InChI=1S/C16H11BrN6/c17-11-7-5-10(6-8-11)9-18-22-16-20-15-14(21-23-16)12-3-1-2-4-13(12)19-15/h1-9H,(H2,19,20,22,23). The summed E-state index contributed by atoms with van der Waals surface area (Å²) in [5.41, 5.74) is 6.19. The Balaban J connectivity index is 1.59. The SMILES string of the molecule is Brc1ccc(C=NNc2nnc3c(n2)[nH]c2ccccc23)cc1. The first-order chi connectivity index (χ1) is 11.3. The minimum absolute atomic E-state index is 0.345.